The van der Waals surface area contributed by atoms with Crippen molar-refractivity contribution in [1.82, 2.24) is 4.90 Å². The highest BCUT2D eigenvalue weighted by molar-refractivity contribution is 6.06. The van der Waals surface area contributed by atoms with Crippen molar-refractivity contribution in [3.8, 4) is 0 Å². The molecular weight excluding hydrogens is 306 g/mol. The van der Waals surface area contributed by atoms with Gasteiger partial charge in [-0.15, -0.1) is 0 Å². The normalized spacial score (nSPS) is 21.7. The predicted octanol–water partition coefficient (Wildman–Crippen LogP) is 1.38. The maximum Gasteiger partial charge on any atom is 0.274 e. The average Bonchev–Trinajstić information content (AvgIpc) is 2.62. The third-order valence-electron chi connectivity index (χ3n) is 4.83. The zero-order valence-corrected chi connectivity index (χ0v) is 13.6. The van der Waals surface area contributed by atoms with Crippen LogP contribution in [0.15, 0.2) is 36.0 Å². The van der Waals surface area contributed by atoms with E-state index < -0.39 is 0 Å². The number of β-lactam (4-membered cyclic amide) rings is 1. The minimum atomic E-state index is 0.0518. The van der Waals surface area contributed by atoms with Gasteiger partial charge < -0.3 is 19.4 Å². The first-order valence-electron chi connectivity index (χ1n) is 8.49. The molecule has 4 rings (SSSR count). The smallest absolute Gasteiger partial charge is 0.274 e. The summed E-state index contributed by atoms with van der Waals surface area (Å²) in [6.07, 6.45) is 3.52. The van der Waals surface area contributed by atoms with Crippen molar-refractivity contribution in [1.29, 1.82) is 0 Å². The number of carbonyl (C=O) groups excluding carboxylic acids is 2. The monoisotopic (exact) mass is 327 g/mol. The van der Waals surface area contributed by atoms with Gasteiger partial charge in [0.2, 0.25) is 5.91 Å². The first kappa shape index (κ1) is 15.2. The molecule has 3 aliphatic rings. The Morgan fingerprint density at radius 1 is 0.833 bits per heavy atom. The van der Waals surface area contributed by atoms with E-state index in [1.54, 1.807) is 4.90 Å². The SMILES string of the molecule is O=C1CCN1c1ccc(N2CCC=C(N3CCOCC3)C2=O)cc1. The molecule has 6 nitrogen and oxygen atoms in total. The molecule has 6 heteroatoms. The van der Waals surface area contributed by atoms with Crippen LogP contribution in [0, 0.1) is 0 Å². The van der Waals surface area contributed by atoms with Gasteiger partial charge in [0.15, 0.2) is 0 Å². The second-order valence-electron chi connectivity index (χ2n) is 6.25. The number of ether oxygens (including phenoxy) is 1. The fourth-order valence-corrected chi connectivity index (χ4v) is 3.37. The average molecular weight is 327 g/mol. The molecule has 0 saturated carbocycles. The minimum Gasteiger partial charge on any atom is -0.378 e. The maximum absolute atomic E-state index is 12.9. The van der Waals surface area contributed by atoms with Crippen LogP contribution in [0.25, 0.3) is 0 Å². The van der Waals surface area contributed by atoms with Gasteiger partial charge in [-0.3, -0.25) is 9.59 Å². The number of carbonyl (C=O) groups is 2. The number of anilines is 2. The Morgan fingerprint density at radius 3 is 2.08 bits per heavy atom. The highest BCUT2D eigenvalue weighted by atomic mass is 16.5. The van der Waals surface area contributed by atoms with Crippen molar-refractivity contribution < 1.29 is 14.3 Å². The summed E-state index contributed by atoms with van der Waals surface area (Å²) in [5.41, 5.74) is 2.57. The Bertz CT molecular complexity index is 677. The first-order chi connectivity index (χ1) is 11.7. The van der Waals surface area contributed by atoms with Crippen molar-refractivity contribution in [2.75, 3.05) is 49.2 Å². The molecule has 2 fully saturated rings. The van der Waals surface area contributed by atoms with E-state index in [2.05, 4.69) is 4.90 Å². The predicted molar refractivity (Wildman–Crippen MR) is 90.9 cm³/mol. The number of nitrogens with zero attached hydrogens (tertiary/aromatic N) is 3. The lowest BCUT2D eigenvalue weighted by Gasteiger charge is -2.36. The first-order valence-corrected chi connectivity index (χ1v) is 8.49. The Morgan fingerprint density at radius 2 is 1.50 bits per heavy atom. The number of hydrogen-bond donors (Lipinski definition) is 0. The highest BCUT2D eigenvalue weighted by Crippen LogP contribution is 2.28. The number of rotatable bonds is 3. The molecule has 0 aromatic heterocycles. The van der Waals surface area contributed by atoms with Crippen LogP contribution in [0.4, 0.5) is 11.4 Å². The van der Waals surface area contributed by atoms with E-state index in [0.29, 0.717) is 26.2 Å². The zero-order chi connectivity index (χ0) is 16.5. The van der Waals surface area contributed by atoms with E-state index in [1.807, 2.05) is 35.2 Å². The second kappa shape index (κ2) is 6.28. The van der Waals surface area contributed by atoms with Crippen LogP contribution >= 0.6 is 0 Å². The molecule has 0 spiro atoms. The molecule has 0 unspecified atom stereocenters. The van der Waals surface area contributed by atoms with E-state index in [1.165, 1.54) is 0 Å². The summed E-state index contributed by atoms with van der Waals surface area (Å²) in [6.45, 7) is 4.34. The minimum absolute atomic E-state index is 0.0518. The van der Waals surface area contributed by atoms with Crippen molar-refractivity contribution in [3.63, 3.8) is 0 Å². The molecule has 0 bridgehead atoms. The van der Waals surface area contributed by atoms with Crippen LogP contribution in [0.2, 0.25) is 0 Å². The Kier molecular flexibility index (Phi) is 3.98. The molecule has 0 aliphatic carbocycles. The van der Waals surface area contributed by atoms with Gasteiger partial charge in [0.1, 0.15) is 0 Å². The molecule has 126 valence electrons. The Hall–Kier alpha value is -2.34. The van der Waals surface area contributed by atoms with Crippen molar-refractivity contribution in [3.05, 3.63) is 36.0 Å². The van der Waals surface area contributed by atoms with E-state index in [-0.39, 0.29) is 11.8 Å². The number of benzene rings is 1. The fourth-order valence-electron chi connectivity index (χ4n) is 3.37. The summed E-state index contributed by atoms with van der Waals surface area (Å²) in [7, 11) is 0. The van der Waals surface area contributed by atoms with Crippen LogP contribution in [-0.2, 0) is 14.3 Å². The van der Waals surface area contributed by atoms with Crippen LogP contribution in [0.3, 0.4) is 0 Å². The zero-order valence-electron chi connectivity index (χ0n) is 13.6. The molecule has 2 amide bonds. The topological polar surface area (TPSA) is 53.1 Å². The summed E-state index contributed by atoms with van der Waals surface area (Å²) >= 11 is 0. The molecule has 1 aromatic rings. The Labute approximate surface area is 141 Å². The summed E-state index contributed by atoms with van der Waals surface area (Å²) < 4.78 is 5.37. The van der Waals surface area contributed by atoms with Gasteiger partial charge >= 0.3 is 0 Å². The van der Waals surface area contributed by atoms with Gasteiger partial charge in [-0.25, -0.2) is 0 Å². The van der Waals surface area contributed by atoms with Crippen molar-refractivity contribution in [2.24, 2.45) is 0 Å². The molecule has 0 radical (unpaired) electrons. The lowest BCUT2D eigenvalue weighted by atomic mass is 10.1. The van der Waals surface area contributed by atoms with E-state index in [0.717, 1.165) is 43.1 Å². The lowest BCUT2D eigenvalue weighted by molar-refractivity contribution is -0.122. The van der Waals surface area contributed by atoms with Gasteiger partial charge in [0.05, 0.1) is 18.9 Å². The lowest BCUT2D eigenvalue weighted by Crippen LogP contribution is -2.45. The van der Waals surface area contributed by atoms with Crippen molar-refractivity contribution in [2.45, 2.75) is 12.8 Å². The van der Waals surface area contributed by atoms with E-state index >= 15 is 0 Å². The maximum atomic E-state index is 12.9. The third kappa shape index (κ3) is 2.67. The highest BCUT2D eigenvalue weighted by Gasteiger charge is 2.29. The van der Waals surface area contributed by atoms with Gasteiger partial charge in [-0.05, 0) is 30.7 Å². The summed E-state index contributed by atoms with van der Waals surface area (Å²) in [5, 5.41) is 0. The standard InChI is InChI=1S/C18H21N3O3/c22-17-7-9-20(17)14-3-5-15(6-4-14)21-8-1-2-16(18(21)23)19-10-12-24-13-11-19/h2-6H,1,7-13H2. The summed E-state index contributed by atoms with van der Waals surface area (Å²) in [5.74, 6) is 0.213. The summed E-state index contributed by atoms with van der Waals surface area (Å²) in [4.78, 5) is 30.1. The summed E-state index contributed by atoms with van der Waals surface area (Å²) in [6, 6.07) is 7.71. The van der Waals surface area contributed by atoms with Crippen LogP contribution in [-0.4, -0.2) is 56.1 Å². The number of morpholine rings is 1. The molecule has 0 atom stereocenters. The van der Waals surface area contributed by atoms with Gasteiger partial charge in [-0.1, -0.05) is 6.08 Å². The second-order valence-corrected chi connectivity index (χ2v) is 6.25. The van der Waals surface area contributed by atoms with Crippen LogP contribution in [0.5, 0.6) is 0 Å². The molecule has 3 heterocycles. The van der Waals surface area contributed by atoms with E-state index in [9.17, 15) is 9.59 Å². The van der Waals surface area contributed by atoms with Crippen molar-refractivity contribution >= 4 is 23.2 Å². The molecular formula is C18H21N3O3. The fraction of sp³-hybridized carbons (Fsp3) is 0.444. The van der Waals surface area contributed by atoms with Crippen LogP contribution in [0.1, 0.15) is 12.8 Å². The molecule has 24 heavy (non-hydrogen) atoms. The molecule has 1 aromatic carbocycles. The molecule has 3 aliphatic heterocycles. The van der Waals surface area contributed by atoms with Gasteiger partial charge in [0, 0.05) is 44.0 Å². The van der Waals surface area contributed by atoms with Crippen LogP contribution < -0.4 is 9.80 Å². The Balaban J connectivity index is 1.50. The van der Waals surface area contributed by atoms with Gasteiger partial charge in [0.25, 0.3) is 5.91 Å². The van der Waals surface area contributed by atoms with E-state index in [4.69, 9.17) is 4.74 Å². The largest absolute Gasteiger partial charge is 0.378 e. The quantitative estimate of drug-likeness (QED) is 0.787. The third-order valence-corrected chi connectivity index (χ3v) is 4.83. The molecule has 0 N–H and O–H groups in total. The number of amides is 2. The molecule has 2 saturated heterocycles. The number of hydrogen-bond acceptors (Lipinski definition) is 4. The van der Waals surface area contributed by atoms with Gasteiger partial charge in [-0.2, -0.15) is 0 Å².